The minimum absolute atomic E-state index is 1.05. The Balaban J connectivity index is 0.979. The Kier molecular flexibility index (Phi) is 0.770. The molecule has 26 unspecified atom stereocenters. The number of hydrogen-bond donors (Lipinski definition) is 0. The number of fused-ring (bicyclic) bond motifs is 12. The molecule has 0 heterocycles. The van der Waals surface area contributed by atoms with E-state index in [4.69, 9.17) is 0 Å². The van der Waals surface area contributed by atoms with Crippen molar-refractivity contribution in [3.8, 4) is 0 Å². The molecule has 0 saturated heterocycles. The first kappa shape index (κ1) is 11.4. The Bertz CT molecular complexity index is 1340. The largest absolute Gasteiger partial charge is 0.0464 e. The standard InChI is InChI=1S/C30H26/c1-5-4-23-7(1)11-15-19-20-16-12-8-2-6-3-9-13-17-21-22-18-14(10(5)23)25(11,23)27(15,18)29(19,22)30(20,21)28(16,17)26(12,13)24(6,8)9/h5-22H,1-4H2. The fourth-order valence-electron chi connectivity index (χ4n) is 26.3. The molecule has 0 aromatic heterocycles. The van der Waals surface area contributed by atoms with Crippen LogP contribution in [0.15, 0.2) is 0 Å². The summed E-state index contributed by atoms with van der Waals surface area (Å²) in [4.78, 5) is 0. The molecule has 146 valence electrons. The summed E-state index contributed by atoms with van der Waals surface area (Å²) in [5, 5.41) is 0. The SMILES string of the molecule is C1C2CC34C1C1C5C6C7C8C9C%10CC%11CC%12C%13C%14C%15C%16C%17C(C23)C14C5%17C6%16C7%15C8%14C9%13C%11%10%12. The quantitative estimate of drug-likeness (QED) is 0.594. The number of hydrogen-bond acceptors (Lipinski definition) is 0. The van der Waals surface area contributed by atoms with Crippen LogP contribution in [0.4, 0.5) is 0 Å². The lowest BCUT2D eigenvalue weighted by Gasteiger charge is -3.34. The summed E-state index contributed by atoms with van der Waals surface area (Å²) >= 11 is 0. The third-order valence-corrected chi connectivity index (χ3v) is 22.7. The van der Waals surface area contributed by atoms with Crippen LogP contribution in [-0.2, 0) is 0 Å². The molecule has 30 heavy (non-hydrogen) atoms. The van der Waals surface area contributed by atoms with Crippen LogP contribution >= 0.6 is 0 Å². The maximum Gasteiger partial charge on any atom is -0.00932 e. The summed E-state index contributed by atoms with van der Waals surface area (Å²) in [5.74, 6) is 24.3. The Morgan fingerprint density at radius 2 is 0.900 bits per heavy atom. The van der Waals surface area contributed by atoms with Gasteiger partial charge in [-0.25, -0.2) is 0 Å². The molecule has 0 amide bonds. The molecule has 19 fully saturated rings. The molecule has 0 nitrogen and oxygen atoms in total. The van der Waals surface area contributed by atoms with Gasteiger partial charge in [-0.3, -0.25) is 0 Å². The van der Waals surface area contributed by atoms with Gasteiger partial charge in [0.25, 0.3) is 0 Å². The highest BCUT2D eigenvalue weighted by atomic mass is 15.4. The molecular weight excluding hydrogens is 360 g/mol. The van der Waals surface area contributed by atoms with Crippen molar-refractivity contribution in [2.45, 2.75) is 25.7 Å². The van der Waals surface area contributed by atoms with Crippen LogP contribution in [-0.4, -0.2) is 0 Å². The molecule has 0 aliphatic heterocycles. The van der Waals surface area contributed by atoms with E-state index in [2.05, 4.69) is 0 Å². The predicted molar refractivity (Wildman–Crippen MR) is 101 cm³/mol. The smallest absolute Gasteiger partial charge is 0.00932 e. The van der Waals surface area contributed by atoms with Gasteiger partial charge in [-0.2, -0.15) is 0 Å². The van der Waals surface area contributed by atoms with Crippen LogP contribution in [0.2, 0.25) is 0 Å². The van der Waals surface area contributed by atoms with Crippen molar-refractivity contribution in [2.75, 3.05) is 0 Å². The normalized spacial score (nSPS) is 119. The van der Waals surface area contributed by atoms with Gasteiger partial charge in [-0.1, -0.05) is 0 Å². The van der Waals surface area contributed by atoms with E-state index in [-0.39, 0.29) is 0 Å². The molecule has 26 atom stereocenters. The molecule has 0 aromatic rings. The van der Waals surface area contributed by atoms with E-state index in [0.29, 0.717) is 0 Å². The van der Waals surface area contributed by atoms with Gasteiger partial charge in [-0.05, 0) is 176 Å². The molecule has 0 heteroatoms. The zero-order valence-corrected chi connectivity index (χ0v) is 17.2. The summed E-state index contributed by atoms with van der Waals surface area (Å²) in [6.07, 6.45) is 7.02. The van der Waals surface area contributed by atoms with E-state index in [1.807, 2.05) is 0 Å². The van der Waals surface area contributed by atoms with Crippen LogP contribution < -0.4 is 0 Å². The van der Waals surface area contributed by atoms with Gasteiger partial charge in [0, 0.05) is 0 Å². The van der Waals surface area contributed by atoms with Gasteiger partial charge >= 0.3 is 0 Å². The zero-order valence-electron chi connectivity index (χ0n) is 17.2. The zero-order chi connectivity index (χ0) is 17.2. The topological polar surface area (TPSA) is 0 Å². The Labute approximate surface area is 175 Å². The van der Waals surface area contributed by atoms with E-state index < -0.39 is 0 Å². The average molecular weight is 387 g/mol. The molecule has 0 aromatic carbocycles. The van der Waals surface area contributed by atoms with E-state index in [0.717, 1.165) is 43.3 Å². The lowest BCUT2D eigenvalue weighted by Crippen LogP contribution is -3.32. The highest BCUT2D eigenvalue weighted by Gasteiger charge is 3.33. The Morgan fingerprint density at radius 1 is 0.400 bits per heavy atom. The molecule has 0 radical (unpaired) electrons. The van der Waals surface area contributed by atoms with Crippen molar-refractivity contribution >= 4 is 0 Å². The second-order valence-electron chi connectivity index (χ2n) is 18.2. The van der Waals surface area contributed by atoms with Crippen LogP contribution in [0, 0.1) is 150 Å². The first-order valence-electron chi connectivity index (χ1n) is 14.9. The van der Waals surface area contributed by atoms with E-state index >= 15 is 0 Å². The fraction of sp³-hybridized carbons (Fsp3) is 1.00. The molecule has 0 N–H and O–H groups in total. The van der Waals surface area contributed by atoms with Crippen molar-refractivity contribution < 1.29 is 0 Å². The highest BCUT2D eigenvalue weighted by molar-refractivity contribution is 5.79. The summed E-state index contributed by atoms with van der Waals surface area (Å²) in [6, 6.07) is 0. The minimum Gasteiger partial charge on any atom is -0.0464 e. The molecule has 19 aliphatic rings. The second-order valence-corrected chi connectivity index (χ2v) is 18.2. The lowest BCUT2D eigenvalue weighted by molar-refractivity contribution is -0.889. The van der Waals surface area contributed by atoms with Crippen LogP contribution in [0.3, 0.4) is 0 Å². The monoisotopic (exact) mass is 386 g/mol. The molecular formula is C30H26. The van der Waals surface area contributed by atoms with E-state index in [9.17, 15) is 0 Å². The van der Waals surface area contributed by atoms with Crippen LogP contribution in [0.1, 0.15) is 25.7 Å². The maximum absolute atomic E-state index is 1.78. The highest BCUT2D eigenvalue weighted by Crippen LogP contribution is 3.36. The van der Waals surface area contributed by atoms with Crippen LogP contribution in [0.25, 0.3) is 0 Å². The first-order valence-corrected chi connectivity index (χ1v) is 14.9. The molecule has 19 aliphatic carbocycles. The Hall–Kier alpha value is 0. The van der Waals surface area contributed by atoms with Crippen molar-refractivity contribution in [3.63, 3.8) is 0 Å². The molecule has 2 bridgehead atoms. The van der Waals surface area contributed by atoms with Gasteiger partial charge in [0.15, 0.2) is 0 Å². The average Bonchev–Trinajstić information content (AvgIpc) is 3.05. The third kappa shape index (κ3) is 0.349. The third-order valence-electron chi connectivity index (χ3n) is 22.7. The van der Waals surface area contributed by atoms with Gasteiger partial charge in [0.1, 0.15) is 0 Å². The fourth-order valence-corrected chi connectivity index (χ4v) is 26.3. The lowest BCUT2D eigenvalue weighted by atomic mass is 8.69. The van der Waals surface area contributed by atoms with Gasteiger partial charge in [-0.15, -0.1) is 0 Å². The van der Waals surface area contributed by atoms with Crippen LogP contribution in [0.5, 0.6) is 0 Å². The molecule has 19 saturated carbocycles. The summed E-state index contributed by atoms with van der Waals surface area (Å²) in [5.41, 5.74) is 8.71. The number of rotatable bonds is 0. The summed E-state index contributed by atoms with van der Waals surface area (Å²) < 4.78 is 0. The molecule has 19 rings (SSSR count). The Morgan fingerprint density at radius 3 is 1.53 bits per heavy atom. The van der Waals surface area contributed by atoms with Crippen molar-refractivity contribution in [1.29, 1.82) is 0 Å². The first-order chi connectivity index (χ1) is 14.9. The summed E-state index contributed by atoms with van der Waals surface area (Å²) in [7, 11) is 0. The van der Waals surface area contributed by atoms with Gasteiger partial charge in [0.2, 0.25) is 0 Å². The van der Waals surface area contributed by atoms with Crippen molar-refractivity contribution in [1.82, 2.24) is 0 Å². The van der Waals surface area contributed by atoms with E-state index in [1.54, 1.807) is 25.7 Å². The van der Waals surface area contributed by atoms with E-state index in [1.165, 1.54) is 107 Å². The maximum atomic E-state index is 1.78. The van der Waals surface area contributed by atoms with Gasteiger partial charge < -0.3 is 0 Å². The van der Waals surface area contributed by atoms with Crippen molar-refractivity contribution in [3.05, 3.63) is 0 Å². The van der Waals surface area contributed by atoms with Gasteiger partial charge in [0.05, 0.1) is 0 Å². The van der Waals surface area contributed by atoms with Crippen molar-refractivity contribution in [2.24, 2.45) is 150 Å². The second kappa shape index (κ2) is 2.02. The predicted octanol–water partition coefficient (Wildman–Crippen LogP) is 3.77. The summed E-state index contributed by atoms with van der Waals surface area (Å²) in [6.45, 7) is 0. The molecule has 8 spiro atoms. The minimum atomic E-state index is 1.05.